The summed E-state index contributed by atoms with van der Waals surface area (Å²) >= 11 is 3.27. The number of rotatable bonds is 3. The van der Waals surface area contributed by atoms with Crippen LogP contribution in [0.15, 0.2) is 80.7 Å². The largest absolute Gasteiger partial charge is 0.460 e. The molecule has 4 rings (SSSR count). The van der Waals surface area contributed by atoms with Crippen LogP contribution in [0.2, 0.25) is 0 Å². The Hall–Kier alpha value is -3.25. The van der Waals surface area contributed by atoms with E-state index < -0.39 is 5.97 Å². The lowest BCUT2D eigenvalue weighted by Gasteiger charge is -2.09. The third-order valence-corrected chi connectivity index (χ3v) is 4.69. The van der Waals surface area contributed by atoms with Gasteiger partial charge in [-0.15, -0.1) is 0 Å². The van der Waals surface area contributed by atoms with E-state index in [0.29, 0.717) is 32.3 Å². The van der Waals surface area contributed by atoms with Gasteiger partial charge in [-0.2, -0.15) is 0 Å². The van der Waals surface area contributed by atoms with Crippen LogP contribution in [0.5, 0.6) is 5.75 Å². The standard InChI is InChI=1S/C22H14BrNO4/c1-13-20(14-5-3-2-4-6-14)21(25)18-8-7-17(10-19(18)27-13)28-22(26)15-9-16(23)12-24-11-15/h2-12H,1H3. The van der Waals surface area contributed by atoms with Gasteiger partial charge >= 0.3 is 5.97 Å². The van der Waals surface area contributed by atoms with E-state index in [2.05, 4.69) is 20.9 Å². The molecule has 5 nitrogen and oxygen atoms in total. The van der Waals surface area contributed by atoms with Crippen molar-refractivity contribution in [1.29, 1.82) is 0 Å². The normalized spacial score (nSPS) is 10.8. The fraction of sp³-hybridized carbons (Fsp3) is 0.0455. The molecule has 0 bridgehead atoms. The molecule has 0 amide bonds. The van der Waals surface area contributed by atoms with Crippen LogP contribution in [0.3, 0.4) is 0 Å². The maximum atomic E-state index is 13.0. The van der Waals surface area contributed by atoms with Gasteiger partial charge in [0.15, 0.2) is 0 Å². The van der Waals surface area contributed by atoms with Crippen LogP contribution in [0.1, 0.15) is 16.1 Å². The molecule has 4 aromatic rings. The zero-order valence-electron chi connectivity index (χ0n) is 14.8. The quantitative estimate of drug-likeness (QED) is 0.328. The van der Waals surface area contributed by atoms with Gasteiger partial charge in [0.2, 0.25) is 5.43 Å². The summed E-state index contributed by atoms with van der Waals surface area (Å²) in [6.07, 6.45) is 3.00. The van der Waals surface area contributed by atoms with Crippen LogP contribution < -0.4 is 10.2 Å². The van der Waals surface area contributed by atoms with Crippen molar-refractivity contribution >= 4 is 32.9 Å². The SMILES string of the molecule is Cc1oc2cc(OC(=O)c3cncc(Br)c3)ccc2c(=O)c1-c1ccccc1. The zero-order chi connectivity index (χ0) is 19.7. The molecule has 0 aliphatic rings. The highest BCUT2D eigenvalue weighted by Crippen LogP contribution is 2.26. The number of nitrogens with zero attached hydrogens (tertiary/aromatic N) is 1. The summed E-state index contributed by atoms with van der Waals surface area (Å²) in [5.74, 6) is 0.240. The topological polar surface area (TPSA) is 69.4 Å². The van der Waals surface area contributed by atoms with Gasteiger partial charge in [0.05, 0.1) is 16.5 Å². The van der Waals surface area contributed by atoms with Crippen LogP contribution >= 0.6 is 15.9 Å². The van der Waals surface area contributed by atoms with Crippen molar-refractivity contribution in [2.24, 2.45) is 0 Å². The highest BCUT2D eigenvalue weighted by atomic mass is 79.9. The first-order chi connectivity index (χ1) is 13.5. The van der Waals surface area contributed by atoms with Gasteiger partial charge in [0.1, 0.15) is 17.1 Å². The number of carbonyl (C=O) groups is 1. The zero-order valence-corrected chi connectivity index (χ0v) is 16.4. The van der Waals surface area contributed by atoms with Crippen molar-refractivity contribution in [3.8, 4) is 16.9 Å². The van der Waals surface area contributed by atoms with E-state index >= 15 is 0 Å². The summed E-state index contributed by atoms with van der Waals surface area (Å²) in [5.41, 5.74) is 1.87. The summed E-state index contributed by atoms with van der Waals surface area (Å²) in [6.45, 7) is 1.75. The Balaban J connectivity index is 1.72. The highest BCUT2D eigenvalue weighted by Gasteiger charge is 2.15. The minimum absolute atomic E-state index is 0.126. The molecule has 0 fully saturated rings. The van der Waals surface area contributed by atoms with Crippen LogP contribution in [-0.2, 0) is 0 Å². The molecule has 2 aromatic carbocycles. The lowest BCUT2D eigenvalue weighted by Crippen LogP contribution is -2.10. The summed E-state index contributed by atoms with van der Waals surface area (Å²) in [7, 11) is 0. The number of halogens is 1. The van der Waals surface area contributed by atoms with Gasteiger partial charge < -0.3 is 9.15 Å². The number of ether oxygens (including phenoxy) is 1. The molecule has 0 aliphatic heterocycles. The molecule has 0 saturated carbocycles. The highest BCUT2D eigenvalue weighted by molar-refractivity contribution is 9.10. The molecule has 6 heteroatoms. The number of hydrogen-bond donors (Lipinski definition) is 0. The molecule has 0 radical (unpaired) electrons. The molecule has 2 aromatic heterocycles. The molecule has 28 heavy (non-hydrogen) atoms. The van der Waals surface area contributed by atoms with Gasteiger partial charge in [-0.05, 0) is 46.6 Å². The van der Waals surface area contributed by atoms with E-state index in [4.69, 9.17) is 9.15 Å². The average Bonchev–Trinajstić information content (AvgIpc) is 2.68. The Morgan fingerprint density at radius 3 is 2.61 bits per heavy atom. The van der Waals surface area contributed by atoms with Crippen LogP contribution in [-0.4, -0.2) is 11.0 Å². The molecule has 0 saturated heterocycles. The lowest BCUT2D eigenvalue weighted by atomic mass is 10.0. The van der Waals surface area contributed by atoms with E-state index in [1.807, 2.05) is 30.3 Å². The molecular formula is C22H14BrNO4. The molecular weight excluding hydrogens is 422 g/mol. The van der Waals surface area contributed by atoms with Crippen molar-refractivity contribution in [3.63, 3.8) is 0 Å². The molecule has 2 heterocycles. The molecule has 0 unspecified atom stereocenters. The van der Waals surface area contributed by atoms with Crippen molar-refractivity contribution in [1.82, 2.24) is 4.98 Å². The van der Waals surface area contributed by atoms with E-state index in [1.54, 1.807) is 37.4 Å². The lowest BCUT2D eigenvalue weighted by molar-refractivity contribution is 0.0734. The number of fused-ring (bicyclic) bond motifs is 1. The van der Waals surface area contributed by atoms with Gasteiger partial charge in [-0.25, -0.2) is 4.79 Å². The van der Waals surface area contributed by atoms with Gasteiger partial charge in [0.25, 0.3) is 0 Å². The minimum atomic E-state index is -0.548. The molecule has 0 aliphatic carbocycles. The number of aromatic nitrogens is 1. The fourth-order valence-corrected chi connectivity index (χ4v) is 3.34. The minimum Gasteiger partial charge on any atom is -0.460 e. The summed E-state index contributed by atoms with van der Waals surface area (Å²) in [6, 6.07) is 15.7. The van der Waals surface area contributed by atoms with Crippen molar-refractivity contribution in [2.45, 2.75) is 6.92 Å². The van der Waals surface area contributed by atoms with Crippen LogP contribution in [0.25, 0.3) is 22.1 Å². The summed E-state index contributed by atoms with van der Waals surface area (Å²) < 4.78 is 11.9. The van der Waals surface area contributed by atoms with E-state index in [9.17, 15) is 9.59 Å². The second kappa shape index (κ2) is 7.40. The Bertz CT molecular complexity index is 1250. The predicted octanol–water partition coefficient (Wildman–Crippen LogP) is 5.15. The monoisotopic (exact) mass is 435 g/mol. The third-order valence-electron chi connectivity index (χ3n) is 4.25. The van der Waals surface area contributed by atoms with Crippen LogP contribution in [0, 0.1) is 6.92 Å². The Morgan fingerprint density at radius 2 is 1.86 bits per heavy atom. The first kappa shape index (κ1) is 18.1. The first-order valence-electron chi connectivity index (χ1n) is 8.48. The second-order valence-electron chi connectivity index (χ2n) is 6.17. The van der Waals surface area contributed by atoms with Crippen molar-refractivity contribution in [3.05, 3.63) is 93.0 Å². The summed E-state index contributed by atoms with van der Waals surface area (Å²) in [4.78, 5) is 29.2. The maximum absolute atomic E-state index is 13.0. The molecule has 0 N–H and O–H groups in total. The molecule has 0 atom stereocenters. The predicted molar refractivity (Wildman–Crippen MR) is 110 cm³/mol. The number of aryl methyl sites for hydroxylation is 1. The van der Waals surface area contributed by atoms with Gasteiger partial charge in [0, 0.05) is 22.9 Å². The number of hydrogen-bond acceptors (Lipinski definition) is 5. The third kappa shape index (κ3) is 3.46. The molecule has 0 spiro atoms. The molecule has 138 valence electrons. The Labute approximate surface area is 168 Å². The number of benzene rings is 2. The van der Waals surface area contributed by atoms with Crippen LogP contribution in [0.4, 0.5) is 0 Å². The van der Waals surface area contributed by atoms with E-state index in [1.165, 1.54) is 6.20 Å². The van der Waals surface area contributed by atoms with E-state index in [0.717, 1.165) is 5.56 Å². The van der Waals surface area contributed by atoms with Gasteiger partial charge in [-0.1, -0.05) is 30.3 Å². The number of pyridine rings is 1. The Morgan fingerprint density at radius 1 is 1.07 bits per heavy atom. The van der Waals surface area contributed by atoms with Crippen molar-refractivity contribution < 1.29 is 13.9 Å². The average molecular weight is 436 g/mol. The summed E-state index contributed by atoms with van der Waals surface area (Å²) in [5, 5.41) is 0.424. The fourth-order valence-electron chi connectivity index (χ4n) is 2.98. The number of carbonyl (C=O) groups excluding carboxylic acids is 1. The smallest absolute Gasteiger partial charge is 0.345 e. The maximum Gasteiger partial charge on any atom is 0.345 e. The van der Waals surface area contributed by atoms with Crippen molar-refractivity contribution in [2.75, 3.05) is 0 Å². The van der Waals surface area contributed by atoms with Gasteiger partial charge in [-0.3, -0.25) is 9.78 Å². The Kier molecular flexibility index (Phi) is 4.79. The second-order valence-corrected chi connectivity index (χ2v) is 7.08. The number of esters is 1. The van der Waals surface area contributed by atoms with E-state index in [-0.39, 0.29) is 11.2 Å². The first-order valence-corrected chi connectivity index (χ1v) is 9.28.